The van der Waals surface area contributed by atoms with Crippen molar-refractivity contribution in [3.63, 3.8) is 0 Å². The van der Waals surface area contributed by atoms with Crippen LogP contribution in [0.15, 0.2) is 30.3 Å². The largest absolute Gasteiger partial charge is 0.493 e. The average Bonchev–Trinajstić information content (AvgIpc) is 3.39. The summed E-state index contributed by atoms with van der Waals surface area (Å²) < 4.78 is 23.4. The maximum Gasteiger partial charge on any atom is 0.331 e. The molecule has 1 aromatic heterocycles. The van der Waals surface area contributed by atoms with E-state index in [1.165, 1.54) is 6.08 Å². The Kier molecular flexibility index (Phi) is 7.52. The average molecular weight is 427 g/mol. The van der Waals surface area contributed by atoms with E-state index >= 15 is 0 Å². The van der Waals surface area contributed by atoms with Crippen molar-refractivity contribution in [3.8, 4) is 11.5 Å². The summed E-state index contributed by atoms with van der Waals surface area (Å²) in [6.07, 6.45) is 5.18. The second kappa shape index (κ2) is 10.3. The Labute approximate surface area is 182 Å². The van der Waals surface area contributed by atoms with E-state index < -0.39 is 5.97 Å². The number of ketones is 1. The molecule has 0 spiro atoms. The van der Waals surface area contributed by atoms with Crippen molar-refractivity contribution in [1.82, 2.24) is 4.57 Å². The van der Waals surface area contributed by atoms with Gasteiger partial charge in [-0.15, -0.1) is 0 Å². The van der Waals surface area contributed by atoms with Crippen molar-refractivity contribution < 1.29 is 28.5 Å². The van der Waals surface area contributed by atoms with E-state index in [2.05, 4.69) is 4.57 Å². The van der Waals surface area contributed by atoms with Gasteiger partial charge in [-0.05, 0) is 56.5 Å². The third-order valence-corrected chi connectivity index (χ3v) is 5.45. The van der Waals surface area contributed by atoms with E-state index in [1.807, 2.05) is 19.9 Å². The predicted molar refractivity (Wildman–Crippen MR) is 117 cm³/mol. The Hall–Kier alpha value is -3.06. The molecule has 166 valence electrons. The van der Waals surface area contributed by atoms with Crippen LogP contribution in [0.2, 0.25) is 0 Å². The first kappa shape index (κ1) is 22.6. The molecular formula is C24H29NO6. The minimum Gasteiger partial charge on any atom is -0.493 e. The summed E-state index contributed by atoms with van der Waals surface area (Å²) in [5.74, 6) is 0.354. The molecule has 31 heavy (non-hydrogen) atoms. The number of aryl methyl sites for hydroxylation is 1. The van der Waals surface area contributed by atoms with E-state index in [4.69, 9.17) is 18.9 Å². The van der Waals surface area contributed by atoms with Gasteiger partial charge in [0.05, 0.1) is 20.3 Å². The van der Waals surface area contributed by atoms with Crippen LogP contribution in [0.1, 0.15) is 40.2 Å². The molecule has 0 N–H and O–H groups in total. The highest BCUT2D eigenvalue weighted by atomic mass is 16.5. The summed E-state index contributed by atoms with van der Waals surface area (Å²) >= 11 is 0. The summed E-state index contributed by atoms with van der Waals surface area (Å²) in [7, 11) is 3.10. The lowest BCUT2D eigenvalue weighted by molar-refractivity contribution is -0.136. The van der Waals surface area contributed by atoms with E-state index in [1.54, 1.807) is 38.5 Å². The van der Waals surface area contributed by atoms with Crippen LogP contribution in [0.25, 0.3) is 6.08 Å². The van der Waals surface area contributed by atoms with Gasteiger partial charge in [-0.1, -0.05) is 6.07 Å². The Bertz CT molecular complexity index is 969. The fourth-order valence-corrected chi connectivity index (χ4v) is 3.74. The second-order valence-electron chi connectivity index (χ2n) is 7.51. The molecule has 1 aliphatic rings. The van der Waals surface area contributed by atoms with Gasteiger partial charge in [-0.3, -0.25) is 4.79 Å². The monoisotopic (exact) mass is 427 g/mol. The molecule has 2 heterocycles. The third kappa shape index (κ3) is 5.55. The van der Waals surface area contributed by atoms with Crippen molar-refractivity contribution in [2.45, 2.75) is 39.3 Å². The molecule has 0 saturated carbocycles. The van der Waals surface area contributed by atoms with Crippen LogP contribution in [0, 0.1) is 13.8 Å². The van der Waals surface area contributed by atoms with Crippen LogP contribution in [0.3, 0.4) is 0 Å². The first-order valence-electron chi connectivity index (χ1n) is 10.3. The SMILES string of the molecule is COc1ccc(/C=C/C(=O)OCC(=O)c2cc(C)n(C[C@H]3CCCO3)c2C)cc1OC. The molecule has 7 heteroatoms. The minimum absolute atomic E-state index is 0.187. The van der Waals surface area contributed by atoms with Crippen LogP contribution in [-0.4, -0.2) is 49.9 Å². The zero-order valence-corrected chi connectivity index (χ0v) is 18.5. The van der Waals surface area contributed by atoms with Crippen molar-refractivity contribution in [1.29, 1.82) is 0 Å². The molecule has 1 aromatic carbocycles. The van der Waals surface area contributed by atoms with Gasteiger partial charge in [-0.2, -0.15) is 0 Å². The third-order valence-electron chi connectivity index (χ3n) is 5.45. The number of methoxy groups -OCH3 is 2. The van der Waals surface area contributed by atoms with Crippen LogP contribution in [-0.2, 0) is 20.8 Å². The molecule has 0 amide bonds. The summed E-state index contributed by atoms with van der Waals surface area (Å²) in [4.78, 5) is 24.7. The summed E-state index contributed by atoms with van der Waals surface area (Å²) in [5, 5.41) is 0. The molecule has 1 aliphatic heterocycles. The van der Waals surface area contributed by atoms with Crippen molar-refractivity contribution in [2.75, 3.05) is 27.4 Å². The minimum atomic E-state index is -0.587. The summed E-state index contributed by atoms with van der Waals surface area (Å²) in [6.45, 7) is 5.10. The van der Waals surface area contributed by atoms with E-state index in [-0.39, 0.29) is 18.5 Å². The van der Waals surface area contributed by atoms with Gasteiger partial charge in [0.25, 0.3) is 0 Å². The number of benzene rings is 1. The zero-order valence-electron chi connectivity index (χ0n) is 18.5. The number of hydrogen-bond donors (Lipinski definition) is 0. The first-order valence-corrected chi connectivity index (χ1v) is 10.3. The van der Waals surface area contributed by atoms with Crippen molar-refractivity contribution >= 4 is 17.8 Å². The fourth-order valence-electron chi connectivity index (χ4n) is 3.74. The number of Topliss-reactive ketones (excluding diaryl/α,β-unsaturated/α-hetero) is 1. The molecule has 0 bridgehead atoms. The molecule has 7 nitrogen and oxygen atoms in total. The van der Waals surface area contributed by atoms with Gasteiger partial charge < -0.3 is 23.5 Å². The number of ether oxygens (including phenoxy) is 4. The Morgan fingerprint density at radius 3 is 2.61 bits per heavy atom. The molecular weight excluding hydrogens is 398 g/mol. The highest BCUT2D eigenvalue weighted by molar-refractivity contribution is 6.00. The van der Waals surface area contributed by atoms with Crippen LogP contribution < -0.4 is 9.47 Å². The van der Waals surface area contributed by atoms with Crippen LogP contribution in [0.4, 0.5) is 0 Å². The van der Waals surface area contributed by atoms with E-state index in [9.17, 15) is 9.59 Å². The Morgan fingerprint density at radius 2 is 1.94 bits per heavy atom. The normalized spacial score (nSPS) is 15.9. The maximum atomic E-state index is 12.6. The van der Waals surface area contributed by atoms with Crippen LogP contribution >= 0.6 is 0 Å². The van der Waals surface area contributed by atoms with Gasteiger partial charge in [-0.25, -0.2) is 4.79 Å². The fraction of sp³-hybridized carbons (Fsp3) is 0.417. The van der Waals surface area contributed by atoms with Gasteiger partial charge in [0.1, 0.15) is 0 Å². The zero-order chi connectivity index (χ0) is 22.4. The number of carbonyl (C=O) groups excluding carboxylic acids is 2. The maximum absolute atomic E-state index is 12.6. The molecule has 1 fully saturated rings. The number of rotatable bonds is 9. The lowest BCUT2D eigenvalue weighted by Gasteiger charge is -2.14. The van der Waals surface area contributed by atoms with E-state index in [0.717, 1.165) is 42.9 Å². The van der Waals surface area contributed by atoms with Crippen molar-refractivity contribution in [2.24, 2.45) is 0 Å². The molecule has 3 rings (SSSR count). The lowest BCUT2D eigenvalue weighted by Crippen LogP contribution is -2.18. The molecule has 1 saturated heterocycles. The number of nitrogens with zero attached hydrogens (tertiary/aromatic N) is 1. The Morgan fingerprint density at radius 1 is 1.16 bits per heavy atom. The number of aromatic nitrogens is 1. The van der Waals surface area contributed by atoms with Gasteiger partial charge in [0, 0.05) is 36.2 Å². The molecule has 0 aliphatic carbocycles. The predicted octanol–water partition coefficient (Wildman–Crippen LogP) is 3.74. The number of carbonyl (C=O) groups is 2. The summed E-state index contributed by atoms with van der Waals surface area (Å²) in [5.41, 5.74) is 3.19. The summed E-state index contributed by atoms with van der Waals surface area (Å²) in [6, 6.07) is 7.13. The second-order valence-corrected chi connectivity index (χ2v) is 7.51. The highest BCUT2D eigenvalue weighted by Crippen LogP contribution is 2.28. The van der Waals surface area contributed by atoms with Crippen molar-refractivity contribution in [3.05, 3.63) is 52.9 Å². The number of esters is 1. The first-order chi connectivity index (χ1) is 14.9. The quantitative estimate of drug-likeness (QED) is 0.345. The van der Waals surface area contributed by atoms with Crippen LogP contribution in [0.5, 0.6) is 11.5 Å². The lowest BCUT2D eigenvalue weighted by atomic mass is 10.1. The molecule has 0 unspecified atom stereocenters. The highest BCUT2D eigenvalue weighted by Gasteiger charge is 2.21. The molecule has 0 radical (unpaired) electrons. The Balaban J connectivity index is 1.58. The smallest absolute Gasteiger partial charge is 0.331 e. The molecule has 2 aromatic rings. The van der Waals surface area contributed by atoms with Gasteiger partial charge in [0.2, 0.25) is 5.78 Å². The standard InChI is InChI=1S/C24H29NO6/c1-16-12-20(17(2)25(16)14-19-6-5-11-30-19)21(26)15-31-24(27)10-8-18-7-9-22(28-3)23(13-18)29-4/h7-10,12-13,19H,5-6,11,14-15H2,1-4H3/b10-8+/t19-/m1/s1. The van der Waals surface area contributed by atoms with E-state index in [0.29, 0.717) is 17.1 Å². The van der Waals surface area contributed by atoms with Gasteiger partial charge in [0.15, 0.2) is 18.1 Å². The molecule has 1 atom stereocenters. The van der Waals surface area contributed by atoms with Gasteiger partial charge >= 0.3 is 5.97 Å². The number of hydrogen-bond acceptors (Lipinski definition) is 6. The topological polar surface area (TPSA) is 76.0 Å².